The van der Waals surface area contributed by atoms with E-state index in [1.807, 2.05) is 60.7 Å². The molecule has 1 aromatic heterocycles. The number of hydrogen-bond acceptors (Lipinski definition) is 6. The van der Waals surface area contributed by atoms with Crippen molar-refractivity contribution in [3.63, 3.8) is 0 Å². The fourth-order valence-corrected chi connectivity index (χ4v) is 4.66. The topological polar surface area (TPSA) is 73.3 Å². The highest BCUT2D eigenvalue weighted by Crippen LogP contribution is 2.34. The third-order valence-electron chi connectivity index (χ3n) is 6.10. The molecule has 38 heavy (non-hydrogen) atoms. The summed E-state index contributed by atoms with van der Waals surface area (Å²) in [5, 5.41) is 3.55. The molecule has 0 aliphatic heterocycles. The number of rotatable bonds is 9. The number of carbonyl (C=O) groups excluding carboxylic acids is 1. The minimum Gasteiger partial charge on any atom is -0.493 e. The van der Waals surface area contributed by atoms with Gasteiger partial charge in [-0.15, -0.1) is 0 Å². The Hall–Kier alpha value is -4.49. The molecule has 1 amide bonds. The number of aromatic nitrogens is 2. The number of nitrogens with zero attached hydrogens (tertiary/aromatic N) is 2. The van der Waals surface area contributed by atoms with Gasteiger partial charge in [0.15, 0.2) is 17.3 Å². The van der Waals surface area contributed by atoms with E-state index in [0.717, 1.165) is 16.7 Å². The van der Waals surface area contributed by atoms with E-state index >= 15 is 0 Å². The number of hydrogen-bond donors (Lipinski definition) is 1. The minimum atomic E-state index is -0.302. The molecule has 0 radical (unpaired) electrons. The Morgan fingerprint density at radius 2 is 1.53 bits per heavy atom. The van der Waals surface area contributed by atoms with Gasteiger partial charge in [0.2, 0.25) is 0 Å². The Labute approximate surface area is 226 Å². The Balaban J connectivity index is 1.35. The number of ether oxygens (including phenoxy) is 2. The van der Waals surface area contributed by atoms with E-state index in [1.54, 1.807) is 25.3 Å². The Bertz CT molecular complexity index is 1460. The van der Waals surface area contributed by atoms with E-state index in [4.69, 9.17) is 9.47 Å². The van der Waals surface area contributed by atoms with Gasteiger partial charge in [-0.3, -0.25) is 4.79 Å². The van der Waals surface area contributed by atoms with Crippen LogP contribution in [0.4, 0.5) is 0 Å². The quantitative estimate of drug-likeness (QED) is 0.232. The van der Waals surface area contributed by atoms with Crippen LogP contribution in [0.25, 0.3) is 0 Å². The standard InChI is InChI=1S/C31H27N3O3S/c1-21-13-15-22(16-14-21)19-28-32-31(38-34-28)37-27-20-25(17-18-26(27)36-2)30(35)33-29(23-9-5-3-6-10-23)24-11-7-4-8-12-24/h3-18,20,29H,19H2,1-2H3,(H,33,35). The van der Waals surface area contributed by atoms with Crippen molar-refractivity contribution in [2.24, 2.45) is 0 Å². The van der Waals surface area contributed by atoms with Gasteiger partial charge in [0, 0.05) is 23.5 Å². The predicted octanol–water partition coefficient (Wildman–Crippen LogP) is 6.76. The lowest BCUT2D eigenvalue weighted by Gasteiger charge is -2.20. The van der Waals surface area contributed by atoms with Crippen molar-refractivity contribution >= 4 is 17.4 Å². The van der Waals surface area contributed by atoms with Crippen LogP contribution in [0.1, 0.15) is 44.5 Å². The highest BCUT2D eigenvalue weighted by molar-refractivity contribution is 7.07. The monoisotopic (exact) mass is 521 g/mol. The number of benzene rings is 4. The first-order chi connectivity index (χ1) is 18.6. The third-order valence-corrected chi connectivity index (χ3v) is 6.73. The smallest absolute Gasteiger partial charge is 0.298 e. The molecule has 7 heteroatoms. The molecule has 5 rings (SSSR count). The average molecular weight is 522 g/mol. The fourth-order valence-electron chi connectivity index (χ4n) is 4.10. The summed E-state index contributed by atoms with van der Waals surface area (Å²) in [6, 6.07) is 32.9. The molecule has 0 spiro atoms. The van der Waals surface area contributed by atoms with Crippen LogP contribution < -0.4 is 14.8 Å². The summed E-state index contributed by atoms with van der Waals surface area (Å²) >= 11 is 1.17. The van der Waals surface area contributed by atoms with Crippen molar-refractivity contribution in [1.82, 2.24) is 14.7 Å². The highest BCUT2D eigenvalue weighted by atomic mass is 32.1. The van der Waals surface area contributed by atoms with Gasteiger partial charge in [0.1, 0.15) is 0 Å². The van der Waals surface area contributed by atoms with Crippen molar-refractivity contribution in [3.05, 3.63) is 137 Å². The fraction of sp³-hybridized carbons (Fsp3) is 0.129. The molecule has 0 fully saturated rings. The van der Waals surface area contributed by atoms with Gasteiger partial charge < -0.3 is 14.8 Å². The van der Waals surface area contributed by atoms with Gasteiger partial charge in [-0.05, 0) is 41.8 Å². The largest absolute Gasteiger partial charge is 0.493 e. The number of aryl methyl sites for hydroxylation is 1. The molecule has 1 heterocycles. The first-order valence-corrected chi connectivity index (χ1v) is 13.0. The Morgan fingerprint density at radius 3 is 2.16 bits per heavy atom. The second-order valence-corrected chi connectivity index (χ2v) is 9.55. The van der Waals surface area contributed by atoms with Gasteiger partial charge in [-0.1, -0.05) is 90.5 Å². The predicted molar refractivity (Wildman–Crippen MR) is 149 cm³/mol. The van der Waals surface area contributed by atoms with Crippen molar-refractivity contribution < 1.29 is 14.3 Å². The molecule has 5 aromatic rings. The molecule has 1 N–H and O–H groups in total. The van der Waals surface area contributed by atoms with Crippen molar-refractivity contribution in [1.29, 1.82) is 0 Å². The lowest BCUT2D eigenvalue weighted by molar-refractivity contribution is 0.0942. The van der Waals surface area contributed by atoms with Crippen LogP contribution in [-0.4, -0.2) is 22.4 Å². The summed E-state index contributed by atoms with van der Waals surface area (Å²) in [6.45, 7) is 2.06. The summed E-state index contributed by atoms with van der Waals surface area (Å²) < 4.78 is 16.0. The SMILES string of the molecule is COc1ccc(C(=O)NC(c2ccccc2)c2ccccc2)cc1Oc1nc(Cc2ccc(C)cc2)ns1. The van der Waals surface area contributed by atoms with Crippen LogP contribution in [0.5, 0.6) is 16.7 Å². The molecule has 0 atom stereocenters. The molecule has 0 saturated carbocycles. The first kappa shape index (κ1) is 25.2. The summed E-state index contributed by atoms with van der Waals surface area (Å²) in [7, 11) is 1.56. The molecular weight excluding hydrogens is 494 g/mol. The second kappa shape index (κ2) is 11.7. The second-order valence-electron chi connectivity index (χ2n) is 8.83. The van der Waals surface area contributed by atoms with Gasteiger partial charge in [0.25, 0.3) is 11.1 Å². The van der Waals surface area contributed by atoms with Crippen molar-refractivity contribution in [2.45, 2.75) is 19.4 Å². The van der Waals surface area contributed by atoms with Crippen LogP contribution >= 0.6 is 11.5 Å². The van der Waals surface area contributed by atoms with Gasteiger partial charge in [-0.2, -0.15) is 9.36 Å². The van der Waals surface area contributed by atoms with E-state index in [2.05, 4.69) is 45.9 Å². The summed E-state index contributed by atoms with van der Waals surface area (Å²) in [5.74, 6) is 1.34. The van der Waals surface area contributed by atoms with Crippen LogP contribution in [-0.2, 0) is 6.42 Å². The molecule has 6 nitrogen and oxygen atoms in total. The zero-order valence-corrected chi connectivity index (χ0v) is 21.9. The summed E-state index contributed by atoms with van der Waals surface area (Å²) in [6.07, 6.45) is 0.611. The normalized spacial score (nSPS) is 10.8. The van der Waals surface area contributed by atoms with Crippen LogP contribution in [0.15, 0.2) is 103 Å². The molecule has 190 valence electrons. The number of amides is 1. The highest BCUT2D eigenvalue weighted by Gasteiger charge is 2.20. The van der Waals surface area contributed by atoms with E-state index in [9.17, 15) is 4.79 Å². The molecule has 0 aliphatic rings. The van der Waals surface area contributed by atoms with E-state index in [1.165, 1.54) is 17.1 Å². The Kier molecular flexibility index (Phi) is 7.75. The molecule has 0 aliphatic carbocycles. The van der Waals surface area contributed by atoms with Gasteiger partial charge in [0.05, 0.1) is 13.2 Å². The van der Waals surface area contributed by atoms with E-state index < -0.39 is 0 Å². The van der Waals surface area contributed by atoms with Crippen LogP contribution in [0.3, 0.4) is 0 Å². The van der Waals surface area contributed by atoms with E-state index in [0.29, 0.717) is 34.5 Å². The lowest BCUT2D eigenvalue weighted by Crippen LogP contribution is -2.29. The average Bonchev–Trinajstić information content (AvgIpc) is 3.40. The maximum absolute atomic E-state index is 13.4. The number of carbonyl (C=O) groups is 1. The molecule has 0 bridgehead atoms. The molecule has 4 aromatic carbocycles. The van der Waals surface area contributed by atoms with Gasteiger partial charge >= 0.3 is 0 Å². The molecule has 0 unspecified atom stereocenters. The number of nitrogens with one attached hydrogen (secondary N) is 1. The van der Waals surface area contributed by atoms with E-state index in [-0.39, 0.29) is 11.9 Å². The summed E-state index contributed by atoms with van der Waals surface area (Å²) in [5.41, 5.74) is 4.77. The maximum Gasteiger partial charge on any atom is 0.298 e. The maximum atomic E-state index is 13.4. The zero-order chi connectivity index (χ0) is 26.3. The Morgan fingerprint density at radius 1 is 0.868 bits per heavy atom. The van der Waals surface area contributed by atoms with Crippen molar-refractivity contribution in [3.8, 4) is 16.7 Å². The molecular formula is C31H27N3O3S. The van der Waals surface area contributed by atoms with Crippen LogP contribution in [0.2, 0.25) is 0 Å². The van der Waals surface area contributed by atoms with Gasteiger partial charge in [-0.25, -0.2) is 0 Å². The zero-order valence-electron chi connectivity index (χ0n) is 21.1. The lowest BCUT2D eigenvalue weighted by atomic mass is 9.98. The van der Waals surface area contributed by atoms with Crippen LogP contribution in [0, 0.1) is 6.92 Å². The molecule has 0 saturated heterocycles. The first-order valence-electron chi connectivity index (χ1n) is 12.2. The summed E-state index contributed by atoms with van der Waals surface area (Å²) in [4.78, 5) is 17.9. The minimum absolute atomic E-state index is 0.229. The third kappa shape index (κ3) is 6.07. The number of methoxy groups -OCH3 is 1. The van der Waals surface area contributed by atoms with Crippen molar-refractivity contribution in [2.75, 3.05) is 7.11 Å².